The van der Waals surface area contributed by atoms with Crippen LogP contribution in [0.5, 0.6) is 0 Å². The molecule has 4 nitrogen and oxygen atoms in total. The highest BCUT2D eigenvalue weighted by Gasteiger charge is 2.15. The standard InChI is InChI=1S/C17H26N4/c1-14(2)19-13-15-5-6-17(16(11-15)12-18)21-8-4-7-20(3)9-10-21/h5-6,11,14,19H,4,7-10,13H2,1-3H3. The molecular formula is C17H26N4. The van der Waals surface area contributed by atoms with Crippen molar-refractivity contribution < 1.29 is 0 Å². The van der Waals surface area contributed by atoms with Crippen molar-refractivity contribution in [2.45, 2.75) is 32.9 Å². The molecule has 4 heteroatoms. The second kappa shape index (κ2) is 7.44. The summed E-state index contributed by atoms with van der Waals surface area (Å²) in [7, 11) is 2.16. The Labute approximate surface area is 128 Å². The molecule has 1 fully saturated rings. The third kappa shape index (κ3) is 4.45. The Morgan fingerprint density at radius 3 is 2.76 bits per heavy atom. The SMILES string of the molecule is CC(C)NCc1ccc(N2CCCN(C)CC2)c(C#N)c1. The normalized spacial score (nSPS) is 16.8. The summed E-state index contributed by atoms with van der Waals surface area (Å²) in [4.78, 5) is 4.70. The maximum absolute atomic E-state index is 9.47. The van der Waals surface area contributed by atoms with E-state index in [0.29, 0.717) is 6.04 Å². The van der Waals surface area contributed by atoms with Crippen molar-refractivity contribution in [1.82, 2.24) is 10.2 Å². The first-order valence-corrected chi connectivity index (χ1v) is 7.80. The van der Waals surface area contributed by atoms with Crippen LogP contribution in [-0.4, -0.2) is 44.2 Å². The van der Waals surface area contributed by atoms with E-state index in [4.69, 9.17) is 0 Å². The number of hydrogen-bond donors (Lipinski definition) is 1. The van der Waals surface area contributed by atoms with Crippen LogP contribution in [0, 0.1) is 11.3 Å². The molecule has 114 valence electrons. The number of nitrogens with one attached hydrogen (secondary N) is 1. The average molecular weight is 286 g/mol. The lowest BCUT2D eigenvalue weighted by Crippen LogP contribution is -2.29. The van der Waals surface area contributed by atoms with Gasteiger partial charge in [-0.25, -0.2) is 0 Å². The molecule has 1 aromatic rings. The van der Waals surface area contributed by atoms with Crippen LogP contribution in [0.25, 0.3) is 0 Å². The zero-order chi connectivity index (χ0) is 15.2. The van der Waals surface area contributed by atoms with E-state index in [0.717, 1.165) is 50.4 Å². The molecule has 1 aromatic carbocycles. The predicted octanol–water partition coefficient (Wildman–Crippen LogP) is 2.20. The molecule has 1 heterocycles. The Morgan fingerprint density at radius 2 is 2.05 bits per heavy atom. The Hall–Kier alpha value is -1.57. The summed E-state index contributed by atoms with van der Waals surface area (Å²) in [6.45, 7) is 9.30. The van der Waals surface area contributed by atoms with E-state index in [2.05, 4.69) is 54.2 Å². The van der Waals surface area contributed by atoms with Gasteiger partial charge in [-0.1, -0.05) is 19.9 Å². The molecule has 1 saturated heterocycles. The van der Waals surface area contributed by atoms with Gasteiger partial charge in [0.1, 0.15) is 6.07 Å². The molecule has 0 saturated carbocycles. The van der Waals surface area contributed by atoms with Crippen molar-refractivity contribution in [2.75, 3.05) is 38.1 Å². The van der Waals surface area contributed by atoms with Crippen LogP contribution in [0.15, 0.2) is 18.2 Å². The third-order valence-electron chi connectivity index (χ3n) is 3.96. The number of nitrogens with zero attached hydrogens (tertiary/aromatic N) is 3. The minimum absolute atomic E-state index is 0.455. The molecule has 0 amide bonds. The van der Waals surface area contributed by atoms with Gasteiger partial charge < -0.3 is 15.1 Å². The monoisotopic (exact) mass is 286 g/mol. The van der Waals surface area contributed by atoms with Gasteiger partial charge in [0, 0.05) is 32.2 Å². The summed E-state index contributed by atoms with van der Waals surface area (Å²) < 4.78 is 0. The number of benzene rings is 1. The molecule has 0 spiro atoms. The minimum atomic E-state index is 0.455. The van der Waals surface area contributed by atoms with Crippen molar-refractivity contribution in [3.05, 3.63) is 29.3 Å². The first kappa shape index (κ1) is 15.8. The first-order chi connectivity index (χ1) is 10.1. The fourth-order valence-electron chi connectivity index (χ4n) is 2.67. The summed E-state index contributed by atoms with van der Waals surface area (Å²) in [5.41, 5.74) is 3.06. The van der Waals surface area contributed by atoms with Crippen molar-refractivity contribution >= 4 is 5.69 Å². The molecule has 0 radical (unpaired) electrons. The van der Waals surface area contributed by atoms with Crippen LogP contribution in [0.4, 0.5) is 5.69 Å². The van der Waals surface area contributed by atoms with E-state index in [1.54, 1.807) is 0 Å². The Balaban J connectivity index is 2.14. The van der Waals surface area contributed by atoms with Crippen molar-refractivity contribution in [1.29, 1.82) is 5.26 Å². The van der Waals surface area contributed by atoms with Gasteiger partial charge in [-0.2, -0.15) is 5.26 Å². The Morgan fingerprint density at radius 1 is 1.24 bits per heavy atom. The summed E-state index contributed by atoms with van der Waals surface area (Å²) in [5.74, 6) is 0. The molecule has 21 heavy (non-hydrogen) atoms. The summed E-state index contributed by atoms with van der Waals surface area (Å²) >= 11 is 0. The highest BCUT2D eigenvalue weighted by atomic mass is 15.2. The van der Waals surface area contributed by atoms with Gasteiger partial charge in [-0.15, -0.1) is 0 Å². The van der Waals surface area contributed by atoms with Gasteiger partial charge >= 0.3 is 0 Å². The summed E-state index contributed by atoms with van der Waals surface area (Å²) in [5, 5.41) is 12.9. The zero-order valence-corrected chi connectivity index (χ0v) is 13.4. The third-order valence-corrected chi connectivity index (χ3v) is 3.96. The largest absolute Gasteiger partial charge is 0.369 e. The Bertz CT molecular complexity index is 504. The van der Waals surface area contributed by atoms with Crippen LogP contribution < -0.4 is 10.2 Å². The lowest BCUT2D eigenvalue weighted by molar-refractivity contribution is 0.360. The number of likely N-dealkylation sites (N-methyl/N-ethyl adjacent to an activating group) is 1. The number of rotatable bonds is 4. The van der Waals surface area contributed by atoms with Crippen LogP contribution >= 0.6 is 0 Å². The van der Waals surface area contributed by atoms with E-state index < -0.39 is 0 Å². The smallest absolute Gasteiger partial charge is 0.101 e. The lowest BCUT2D eigenvalue weighted by atomic mass is 10.1. The van der Waals surface area contributed by atoms with Gasteiger partial charge in [0.25, 0.3) is 0 Å². The second-order valence-electron chi connectivity index (χ2n) is 6.14. The molecule has 2 rings (SSSR count). The van der Waals surface area contributed by atoms with Crippen molar-refractivity contribution in [3.8, 4) is 6.07 Å². The fourth-order valence-corrected chi connectivity index (χ4v) is 2.67. The quantitative estimate of drug-likeness (QED) is 0.921. The van der Waals surface area contributed by atoms with Crippen LogP contribution in [0.3, 0.4) is 0 Å². The molecule has 1 N–H and O–H groups in total. The predicted molar refractivity (Wildman–Crippen MR) is 87.5 cm³/mol. The number of hydrogen-bond acceptors (Lipinski definition) is 4. The molecule has 0 unspecified atom stereocenters. The van der Waals surface area contributed by atoms with Crippen LogP contribution in [0.1, 0.15) is 31.4 Å². The van der Waals surface area contributed by atoms with Gasteiger partial charge in [-0.3, -0.25) is 0 Å². The maximum Gasteiger partial charge on any atom is 0.101 e. The van der Waals surface area contributed by atoms with Crippen molar-refractivity contribution in [3.63, 3.8) is 0 Å². The maximum atomic E-state index is 9.47. The fraction of sp³-hybridized carbons (Fsp3) is 0.588. The van der Waals surface area contributed by atoms with Crippen LogP contribution in [0.2, 0.25) is 0 Å². The van der Waals surface area contributed by atoms with Crippen molar-refractivity contribution in [2.24, 2.45) is 0 Å². The lowest BCUT2D eigenvalue weighted by Gasteiger charge is -2.24. The summed E-state index contributed by atoms with van der Waals surface area (Å²) in [6.07, 6.45) is 1.15. The number of anilines is 1. The van der Waals surface area contributed by atoms with Crippen LogP contribution in [-0.2, 0) is 6.54 Å². The minimum Gasteiger partial charge on any atom is -0.369 e. The topological polar surface area (TPSA) is 42.3 Å². The molecular weight excluding hydrogens is 260 g/mol. The van der Waals surface area contributed by atoms with Gasteiger partial charge in [0.2, 0.25) is 0 Å². The van der Waals surface area contributed by atoms with E-state index >= 15 is 0 Å². The van der Waals surface area contributed by atoms with Gasteiger partial charge in [0.05, 0.1) is 11.3 Å². The zero-order valence-electron chi connectivity index (χ0n) is 13.4. The Kier molecular flexibility index (Phi) is 5.60. The molecule has 1 aliphatic heterocycles. The van der Waals surface area contributed by atoms with E-state index in [-0.39, 0.29) is 0 Å². The van der Waals surface area contributed by atoms with Gasteiger partial charge in [-0.05, 0) is 37.7 Å². The molecule has 0 aliphatic carbocycles. The molecule has 0 atom stereocenters. The van der Waals surface area contributed by atoms with Gasteiger partial charge in [0.15, 0.2) is 0 Å². The first-order valence-electron chi connectivity index (χ1n) is 7.80. The molecule has 0 bridgehead atoms. The highest BCUT2D eigenvalue weighted by molar-refractivity contribution is 5.60. The summed E-state index contributed by atoms with van der Waals surface area (Å²) in [6, 6.07) is 9.10. The van der Waals surface area contributed by atoms with E-state index in [1.165, 1.54) is 5.56 Å². The van der Waals surface area contributed by atoms with E-state index in [1.807, 2.05) is 6.07 Å². The number of nitriles is 1. The molecule has 0 aromatic heterocycles. The highest BCUT2D eigenvalue weighted by Crippen LogP contribution is 2.23. The second-order valence-corrected chi connectivity index (χ2v) is 6.14. The molecule has 1 aliphatic rings. The average Bonchev–Trinajstić information content (AvgIpc) is 2.69. The van der Waals surface area contributed by atoms with E-state index in [9.17, 15) is 5.26 Å².